The first-order chi connectivity index (χ1) is 13.1. The standard InChI is InChI=1S/C21H13FN2OS2/c1-2-11-3-5-12(6-4-11)20-23-15-17(25)16-19(18(15)26-20)27-21(24-16)13-7-9-14(22)10-8-13/h3-10H,2H2,1H3. The molecule has 0 spiro atoms. The zero-order chi connectivity index (χ0) is 18.5. The van der Waals surface area contributed by atoms with Gasteiger partial charge in [0.2, 0.25) is 5.78 Å². The number of hydrogen-bond acceptors (Lipinski definition) is 5. The summed E-state index contributed by atoms with van der Waals surface area (Å²) in [5.74, 6) is -0.417. The first-order valence-corrected chi connectivity index (χ1v) is 10.2. The summed E-state index contributed by atoms with van der Waals surface area (Å²) in [6.07, 6.45) is 0.990. The van der Waals surface area contributed by atoms with Crippen LogP contribution in [0.5, 0.6) is 0 Å². The van der Waals surface area contributed by atoms with Crippen molar-refractivity contribution in [2.45, 2.75) is 13.3 Å². The molecule has 6 heteroatoms. The number of halogens is 1. The third-order valence-corrected chi connectivity index (χ3v) is 6.96. The highest BCUT2D eigenvalue weighted by Crippen LogP contribution is 2.47. The van der Waals surface area contributed by atoms with Crippen molar-refractivity contribution in [3.8, 4) is 30.9 Å². The number of carbonyl (C=O) groups is 1. The van der Waals surface area contributed by atoms with Crippen LogP contribution in [0.15, 0.2) is 48.5 Å². The van der Waals surface area contributed by atoms with Gasteiger partial charge < -0.3 is 0 Å². The second-order valence-electron chi connectivity index (χ2n) is 6.28. The summed E-state index contributed by atoms with van der Waals surface area (Å²) in [7, 11) is 0. The van der Waals surface area contributed by atoms with Gasteiger partial charge in [0.05, 0.1) is 9.75 Å². The van der Waals surface area contributed by atoms with Gasteiger partial charge in [0.15, 0.2) is 0 Å². The molecule has 1 aliphatic carbocycles. The van der Waals surface area contributed by atoms with Crippen molar-refractivity contribution in [1.29, 1.82) is 0 Å². The molecule has 3 nitrogen and oxygen atoms in total. The summed E-state index contributed by atoms with van der Waals surface area (Å²) in [4.78, 5) is 23.6. The predicted octanol–water partition coefficient (Wildman–Crippen LogP) is 5.85. The van der Waals surface area contributed by atoms with Crippen LogP contribution in [0.4, 0.5) is 4.39 Å². The minimum Gasteiger partial charge on any atom is -0.285 e. The highest BCUT2D eigenvalue weighted by Gasteiger charge is 2.35. The highest BCUT2D eigenvalue weighted by atomic mass is 32.1. The molecule has 0 fully saturated rings. The van der Waals surface area contributed by atoms with E-state index in [4.69, 9.17) is 0 Å². The number of thiazole rings is 2. The molecular weight excluding hydrogens is 379 g/mol. The minimum atomic E-state index is -0.289. The van der Waals surface area contributed by atoms with Crippen LogP contribution >= 0.6 is 22.7 Å². The number of hydrogen-bond donors (Lipinski definition) is 0. The molecule has 2 aromatic heterocycles. The van der Waals surface area contributed by atoms with Crippen molar-refractivity contribution in [1.82, 2.24) is 9.97 Å². The van der Waals surface area contributed by atoms with Crippen LogP contribution < -0.4 is 0 Å². The Labute approximate surface area is 163 Å². The van der Waals surface area contributed by atoms with Gasteiger partial charge in [-0.25, -0.2) is 14.4 Å². The lowest BCUT2D eigenvalue weighted by Crippen LogP contribution is -1.98. The van der Waals surface area contributed by atoms with Crippen molar-refractivity contribution in [2.24, 2.45) is 0 Å². The molecule has 2 heterocycles. The van der Waals surface area contributed by atoms with E-state index in [2.05, 4.69) is 41.2 Å². The first-order valence-electron chi connectivity index (χ1n) is 8.56. The monoisotopic (exact) mass is 392 g/mol. The molecule has 4 aromatic rings. The number of ketones is 1. The van der Waals surface area contributed by atoms with Gasteiger partial charge >= 0.3 is 0 Å². The third kappa shape index (κ3) is 2.64. The molecule has 132 valence electrons. The zero-order valence-electron chi connectivity index (χ0n) is 14.3. The number of fused-ring (bicyclic) bond motifs is 3. The van der Waals surface area contributed by atoms with E-state index in [1.165, 1.54) is 40.4 Å². The maximum absolute atomic E-state index is 13.2. The summed E-state index contributed by atoms with van der Waals surface area (Å²) in [6.45, 7) is 2.12. The Morgan fingerprint density at radius 1 is 0.815 bits per heavy atom. The van der Waals surface area contributed by atoms with Crippen molar-refractivity contribution >= 4 is 28.5 Å². The lowest BCUT2D eigenvalue weighted by molar-refractivity contribution is 0.103. The van der Waals surface area contributed by atoms with Crippen LogP contribution in [0.1, 0.15) is 28.7 Å². The van der Waals surface area contributed by atoms with E-state index in [1.807, 2.05) is 0 Å². The Hall–Kier alpha value is -2.70. The van der Waals surface area contributed by atoms with Crippen molar-refractivity contribution in [2.75, 3.05) is 0 Å². The van der Waals surface area contributed by atoms with E-state index in [0.717, 1.165) is 37.3 Å². The molecule has 1 aliphatic rings. The fourth-order valence-electron chi connectivity index (χ4n) is 3.09. The van der Waals surface area contributed by atoms with Gasteiger partial charge in [0.25, 0.3) is 0 Å². The van der Waals surface area contributed by atoms with Gasteiger partial charge in [0.1, 0.15) is 27.2 Å². The van der Waals surface area contributed by atoms with Gasteiger partial charge in [-0.05, 0) is 36.2 Å². The van der Waals surface area contributed by atoms with Gasteiger partial charge in [-0.15, -0.1) is 22.7 Å². The van der Waals surface area contributed by atoms with Crippen molar-refractivity contribution < 1.29 is 9.18 Å². The topological polar surface area (TPSA) is 42.9 Å². The molecule has 2 aromatic carbocycles. The first kappa shape index (κ1) is 16.5. The normalized spacial score (nSPS) is 12.3. The molecule has 0 saturated carbocycles. The number of carbonyl (C=O) groups excluding carboxylic acids is 1. The average Bonchev–Trinajstić information content (AvgIpc) is 3.37. The molecular formula is C21H13FN2OS2. The van der Waals surface area contributed by atoms with Crippen LogP contribution in [0.2, 0.25) is 0 Å². The molecule has 0 saturated heterocycles. The van der Waals surface area contributed by atoms with Gasteiger partial charge in [-0.2, -0.15) is 0 Å². The number of rotatable bonds is 3. The average molecular weight is 392 g/mol. The maximum Gasteiger partial charge on any atom is 0.232 e. The highest BCUT2D eigenvalue weighted by molar-refractivity contribution is 7.25. The third-order valence-electron chi connectivity index (χ3n) is 4.59. The molecule has 27 heavy (non-hydrogen) atoms. The van der Waals surface area contributed by atoms with Crippen LogP contribution in [-0.2, 0) is 6.42 Å². The minimum absolute atomic E-state index is 0.128. The fraction of sp³-hybridized carbons (Fsp3) is 0.0952. The van der Waals surface area contributed by atoms with E-state index >= 15 is 0 Å². The molecule has 5 rings (SSSR count). The molecule has 0 amide bonds. The van der Waals surface area contributed by atoms with Crippen LogP contribution in [0.25, 0.3) is 30.9 Å². The number of benzene rings is 2. The SMILES string of the molecule is CCc1ccc(-c2nc3c(s2)-c2sc(-c4ccc(F)cc4)nc2C3=O)cc1. The lowest BCUT2D eigenvalue weighted by Gasteiger charge is -1.99. The molecule has 0 atom stereocenters. The lowest BCUT2D eigenvalue weighted by atomic mass is 10.1. The Bertz CT molecular complexity index is 1170. The zero-order valence-corrected chi connectivity index (χ0v) is 16.0. The quantitative estimate of drug-likeness (QED) is 0.387. The van der Waals surface area contributed by atoms with Crippen LogP contribution in [0.3, 0.4) is 0 Å². The van der Waals surface area contributed by atoms with Gasteiger partial charge in [-0.3, -0.25) is 4.79 Å². The number of aryl methyl sites for hydroxylation is 1. The Morgan fingerprint density at radius 3 is 1.78 bits per heavy atom. The molecule has 0 unspecified atom stereocenters. The van der Waals surface area contributed by atoms with Crippen LogP contribution in [0, 0.1) is 5.82 Å². The summed E-state index contributed by atoms with van der Waals surface area (Å²) in [6, 6.07) is 14.5. The largest absolute Gasteiger partial charge is 0.285 e. The van der Waals surface area contributed by atoms with Crippen molar-refractivity contribution in [3.63, 3.8) is 0 Å². The summed E-state index contributed by atoms with van der Waals surface area (Å²) in [5, 5.41) is 1.57. The fourth-order valence-corrected chi connectivity index (χ4v) is 5.36. The van der Waals surface area contributed by atoms with Crippen molar-refractivity contribution in [3.05, 3.63) is 71.3 Å². The van der Waals surface area contributed by atoms with E-state index in [9.17, 15) is 9.18 Å². The number of nitrogens with zero attached hydrogens (tertiary/aromatic N) is 2. The summed E-state index contributed by atoms with van der Waals surface area (Å²) < 4.78 is 13.2. The van der Waals surface area contributed by atoms with Crippen LogP contribution in [-0.4, -0.2) is 15.8 Å². The van der Waals surface area contributed by atoms with E-state index in [0.29, 0.717) is 11.4 Å². The van der Waals surface area contributed by atoms with Gasteiger partial charge in [0, 0.05) is 11.1 Å². The number of aromatic nitrogens is 2. The predicted molar refractivity (Wildman–Crippen MR) is 107 cm³/mol. The summed E-state index contributed by atoms with van der Waals surface area (Å²) >= 11 is 2.98. The van der Waals surface area contributed by atoms with E-state index in [-0.39, 0.29) is 11.6 Å². The maximum atomic E-state index is 13.2. The second-order valence-corrected chi connectivity index (χ2v) is 8.28. The second kappa shape index (κ2) is 6.18. The molecule has 0 bridgehead atoms. The summed E-state index contributed by atoms with van der Waals surface area (Å²) in [5.41, 5.74) is 4.05. The van der Waals surface area contributed by atoms with E-state index < -0.39 is 0 Å². The van der Waals surface area contributed by atoms with Gasteiger partial charge in [-0.1, -0.05) is 31.2 Å². The van der Waals surface area contributed by atoms with E-state index in [1.54, 1.807) is 12.1 Å². The molecule has 0 N–H and O–H groups in total. The Kier molecular flexibility index (Phi) is 3.77. The Morgan fingerprint density at radius 2 is 1.30 bits per heavy atom. The Balaban J connectivity index is 1.56. The molecule has 0 radical (unpaired) electrons. The smallest absolute Gasteiger partial charge is 0.232 e. The molecule has 0 aliphatic heterocycles.